The van der Waals surface area contributed by atoms with Crippen LogP contribution in [0.15, 0.2) is 18.2 Å². The third-order valence-electron chi connectivity index (χ3n) is 4.06. The molecule has 0 saturated carbocycles. The molecule has 0 unspecified atom stereocenters. The van der Waals surface area contributed by atoms with E-state index in [4.69, 9.17) is 0 Å². The lowest BCUT2D eigenvalue weighted by molar-refractivity contribution is -0.116. The second-order valence-electron chi connectivity index (χ2n) is 5.68. The van der Waals surface area contributed by atoms with Crippen molar-refractivity contribution in [1.29, 1.82) is 0 Å². The molecule has 0 radical (unpaired) electrons. The van der Waals surface area contributed by atoms with E-state index in [1.54, 1.807) is 0 Å². The Balaban J connectivity index is 2.06. The lowest BCUT2D eigenvalue weighted by atomic mass is 10.0. The molecule has 0 bridgehead atoms. The summed E-state index contributed by atoms with van der Waals surface area (Å²) in [6.45, 7) is 4.13. The van der Waals surface area contributed by atoms with Gasteiger partial charge < -0.3 is 5.32 Å². The monoisotopic (exact) mass is 309 g/mol. The maximum absolute atomic E-state index is 12.2. The van der Waals surface area contributed by atoms with Crippen LogP contribution >= 0.6 is 0 Å². The fourth-order valence-corrected chi connectivity index (χ4v) is 4.75. The molecule has 0 aliphatic carbocycles. The molecule has 1 amide bonds. The quantitative estimate of drug-likeness (QED) is 0.909. The molecule has 1 aromatic carbocycles. The summed E-state index contributed by atoms with van der Waals surface area (Å²) in [7, 11) is -2.92. The summed E-state index contributed by atoms with van der Waals surface area (Å²) >= 11 is 0. The molecular formula is C16H23NO3S. The van der Waals surface area contributed by atoms with Crippen molar-refractivity contribution in [3.63, 3.8) is 0 Å². The maximum Gasteiger partial charge on any atom is 0.224 e. The zero-order valence-corrected chi connectivity index (χ0v) is 13.5. The molecule has 2 rings (SSSR count). The summed E-state index contributed by atoms with van der Waals surface area (Å²) in [4.78, 5) is 12.2. The number of benzene rings is 1. The van der Waals surface area contributed by atoms with Crippen LogP contribution in [0.2, 0.25) is 0 Å². The van der Waals surface area contributed by atoms with E-state index >= 15 is 0 Å². The van der Waals surface area contributed by atoms with Crippen molar-refractivity contribution in [3.05, 3.63) is 29.3 Å². The Kier molecular flexibility index (Phi) is 5.04. The van der Waals surface area contributed by atoms with Gasteiger partial charge in [0.15, 0.2) is 9.84 Å². The minimum Gasteiger partial charge on any atom is -0.326 e. The number of amides is 1. The summed E-state index contributed by atoms with van der Waals surface area (Å²) in [5, 5.41) is 3.00. The molecule has 1 aliphatic rings. The smallest absolute Gasteiger partial charge is 0.224 e. The van der Waals surface area contributed by atoms with Crippen LogP contribution in [-0.4, -0.2) is 25.8 Å². The molecule has 1 heterocycles. The molecule has 1 atom stereocenters. The summed E-state index contributed by atoms with van der Waals surface area (Å²) in [5.74, 6) is 0.259. The number of nitrogens with one attached hydrogen (secondary N) is 1. The Hall–Kier alpha value is -1.36. The van der Waals surface area contributed by atoms with Crippen LogP contribution in [0.1, 0.15) is 37.8 Å². The van der Waals surface area contributed by atoms with E-state index in [1.165, 1.54) is 0 Å². The number of rotatable bonds is 5. The van der Waals surface area contributed by atoms with E-state index in [2.05, 4.69) is 19.2 Å². The van der Waals surface area contributed by atoms with Crippen molar-refractivity contribution < 1.29 is 13.2 Å². The number of para-hydroxylation sites is 1. The topological polar surface area (TPSA) is 63.2 Å². The summed E-state index contributed by atoms with van der Waals surface area (Å²) in [6.07, 6.45) is 2.62. The zero-order chi connectivity index (χ0) is 15.5. The fraction of sp³-hybridized carbons (Fsp3) is 0.562. The summed E-state index contributed by atoms with van der Waals surface area (Å²) in [6, 6.07) is 6.06. The Morgan fingerprint density at radius 1 is 1.24 bits per heavy atom. The van der Waals surface area contributed by atoms with E-state index in [-0.39, 0.29) is 23.3 Å². The van der Waals surface area contributed by atoms with Crippen molar-refractivity contribution in [2.75, 3.05) is 16.8 Å². The van der Waals surface area contributed by atoms with E-state index in [9.17, 15) is 13.2 Å². The first kappa shape index (κ1) is 16.0. The average molecular weight is 309 g/mol. The molecule has 0 aromatic heterocycles. The zero-order valence-electron chi connectivity index (χ0n) is 12.7. The van der Waals surface area contributed by atoms with Gasteiger partial charge in [-0.05, 0) is 36.3 Å². The molecule has 0 spiro atoms. The van der Waals surface area contributed by atoms with Gasteiger partial charge in [0.25, 0.3) is 0 Å². The molecule has 116 valence electrons. The summed E-state index contributed by atoms with van der Waals surface area (Å²) < 4.78 is 22.9. The van der Waals surface area contributed by atoms with E-state index in [0.29, 0.717) is 12.8 Å². The fourth-order valence-electron chi connectivity index (χ4n) is 2.89. The lowest BCUT2D eigenvalue weighted by Gasteiger charge is -2.15. The van der Waals surface area contributed by atoms with E-state index in [1.807, 2.05) is 18.2 Å². The molecule has 1 saturated heterocycles. The summed E-state index contributed by atoms with van der Waals surface area (Å²) in [5.41, 5.74) is 3.16. The Morgan fingerprint density at radius 3 is 2.33 bits per heavy atom. The van der Waals surface area contributed by atoms with Gasteiger partial charge in [-0.1, -0.05) is 32.0 Å². The lowest BCUT2D eigenvalue weighted by Crippen LogP contribution is -2.19. The number of hydrogen-bond donors (Lipinski definition) is 1. The van der Waals surface area contributed by atoms with Crippen molar-refractivity contribution >= 4 is 21.4 Å². The van der Waals surface area contributed by atoms with Crippen LogP contribution in [0.4, 0.5) is 5.69 Å². The van der Waals surface area contributed by atoms with E-state index in [0.717, 1.165) is 29.7 Å². The number of carbonyl (C=O) groups excluding carboxylic acids is 1. The standard InChI is InChI=1S/C16H23NO3S/c1-3-13-6-5-7-14(4-2)16(13)17-15(18)10-12-8-9-21(19,20)11-12/h5-7,12H,3-4,8-11H2,1-2H3,(H,17,18)/t12-/m0/s1. The van der Waals surface area contributed by atoms with Crippen LogP contribution in [0.25, 0.3) is 0 Å². The predicted octanol–water partition coefficient (Wildman–Crippen LogP) is 2.57. The van der Waals surface area contributed by atoms with Gasteiger partial charge in [-0.3, -0.25) is 4.79 Å². The Labute approximate surface area is 126 Å². The van der Waals surface area contributed by atoms with Gasteiger partial charge in [0, 0.05) is 12.1 Å². The predicted molar refractivity (Wildman–Crippen MR) is 85.2 cm³/mol. The normalized spacial score (nSPS) is 20.4. The highest BCUT2D eigenvalue weighted by atomic mass is 32.2. The molecule has 21 heavy (non-hydrogen) atoms. The van der Waals surface area contributed by atoms with Crippen molar-refractivity contribution in [2.24, 2.45) is 5.92 Å². The van der Waals surface area contributed by atoms with Crippen LogP contribution in [0.3, 0.4) is 0 Å². The third-order valence-corrected chi connectivity index (χ3v) is 5.90. The van der Waals surface area contributed by atoms with Crippen LogP contribution < -0.4 is 5.32 Å². The minimum atomic E-state index is -2.92. The number of carbonyl (C=O) groups is 1. The first-order chi connectivity index (χ1) is 9.95. The van der Waals surface area contributed by atoms with Crippen LogP contribution in [0.5, 0.6) is 0 Å². The van der Waals surface area contributed by atoms with Gasteiger partial charge in [-0.2, -0.15) is 0 Å². The minimum absolute atomic E-state index is 0.0335. The molecule has 5 heteroatoms. The molecule has 4 nitrogen and oxygen atoms in total. The average Bonchev–Trinajstić information content (AvgIpc) is 2.77. The molecular weight excluding hydrogens is 286 g/mol. The number of hydrogen-bond acceptors (Lipinski definition) is 3. The Morgan fingerprint density at radius 2 is 1.86 bits per heavy atom. The van der Waals surface area contributed by atoms with Gasteiger partial charge in [0.05, 0.1) is 11.5 Å². The van der Waals surface area contributed by atoms with Crippen molar-refractivity contribution in [1.82, 2.24) is 0 Å². The van der Waals surface area contributed by atoms with Gasteiger partial charge in [0.2, 0.25) is 5.91 Å². The Bertz CT molecular complexity index is 600. The first-order valence-corrected chi connectivity index (χ1v) is 9.38. The van der Waals surface area contributed by atoms with Gasteiger partial charge in [0.1, 0.15) is 0 Å². The third kappa shape index (κ3) is 4.06. The highest BCUT2D eigenvalue weighted by Gasteiger charge is 2.29. The molecule has 1 fully saturated rings. The molecule has 1 N–H and O–H groups in total. The first-order valence-electron chi connectivity index (χ1n) is 7.56. The van der Waals surface area contributed by atoms with Gasteiger partial charge in [-0.25, -0.2) is 8.42 Å². The SMILES string of the molecule is CCc1cccc(CC)c1NC(=O)C[C@@H]1CCS(=O)(=O)C1. The van der Waals surface area contributed by atoms with Crippen LogP contribution in [0, 0.1) is 5.92 Å². The highest BCUT2D eigenvalue weighted by Crippen LogP contribution is 2.25. The van der Waals surface area contributed by atoms with Crippen LogP contribution in [-0.2, 0) is 27.5 Å². The van der Waals surface area contributed by atoms with Crippen molar-refractivity contribution in [2.45, 2.75) is 39.5 Å². The molecule has 1 aliphatic heterocycles. The van der Waals surface area contributed by atoms with Crippen molar-refractivity contribution in [3.8, 4) is 0 Å². The maximum atomic E-state index is 12.2. The number of sulfone groups is 1. The largest absolute Gasteiger partial charge is 0.326 e. The highest BCUT2D eigenvalue weighted by molar-refractivity contribution is 7.91. The van der Waals surface area contributed by atoms with Gasteiger partial charge in [-0.15, -0.1) is 0 Å². The van der Waals surface area contributed by atoms with E-state index < -0.39 is 9.84 Å². The van der Waals surface area contributed by atoms with Gasteiger partial charge >= 0.3 is 0 Å². The second kappa shape index (κ2) is 6.60. The number of anilines is 1. The molecule has 1 aromatic rings. The second-order valence-corrected chi connectivity index (χ2v) is 7.91. The number of aryl methyl sites for hydroxylation is 2.